The molecule has 0 aliphatic carbocycles. The summed E-state index contributed by atoms with van der Waals surface area (Å²) in [5, 5.41) is 5.00. The molecule has 0 saturated carbocycles. The molecule has 1 aromatic heterocycles. The Hall–Kier alpha value is -0.430. The van der Waals surface area contributed by atoms with E-state index in [0.29, 0.717) is 11.4 Å². The smallest absolute Gasteiger partial charge is 0.241 e. The highest BCUT2D eigenvalue weighted by molar-refractivity contribution is 7.89. The predicted octanol–water partition coefficient (Wildman–Crippen LogP) is 2.57. The van der Waals surface area contributed by atoms with Gasteiger partial charge >= 0.3 is 0 Å². The van der Waals surface area contributed by atoms with Crippen molar-refractivity contribution in [2.75, 3.05) is 6.54 Å². The lowest BCUT2D eigenvalue weighted by atomic mass is 10.0. The van der Waals surface area contributed by atoms with Crippen molar-refractivity contribution >= 4 is 21.4 Å². The summed E-state index contributed by atoms with van der Waals surface area (Å²) < 4.78 is 27.7. The average Bonchev–Trinajstić information content (AvgIpc) is 2.82. The van der Waals surface area contributed by atoms with Gasteiger partial charge < -0.3 is 5.32 Å². The first-order chi connectivity index (χ1) is 8.92. The highest BCUT2D eigenvalue weighted by Gasteiger charge is 2.24. The summed E-state index contributed by atoms with van der Waals surface area (Å²) >= 11 is 1.48. The number of hydrogen-bond acceptors (Lipinski definition) is 4. The third-order valence-corrected chi connectivity index (χ3v) is 5.71. The largest absolute Gasteiger partial charge is 0.312 e. The van der Waals surface area contributed by atoms with Gasteiger partial charge in [0.2, 0.25) is 10.0 Å². The second-order valence-electron chi connectivity index (χ2n) is 4.87. The second-order valence-corrected chi connectivity index (χ2v) is 7.55. The van der Waals surface area contributed by atoms with Gasteiger partial charge in [0.1, 0.15) is 0 Å². The van der Waals surface area contributed by atoms with Crippen LogP contribution in [0.4, 0.5) is 0 Å². The van der Waals surface area contributed by atoms with Crippen LogP contribution in [-0.2, 0) is 16.6 Å². The van der Waals surface area contributed by atoms with Crippen molar-refractivity contribution in [3.8, 4) is 0 Å². The molecule has 1 heterocycles. The van der Waals surface area contributed by atoms with Gasteiger partial charge in [-0.25, -0.2) is 13.1 Å². The zero-order valence-corrected chi connectivity index (χ0v) is 13.7. The van der Waals surface area contributed by atoms with Crippen LogP contribution in [0.3, 0.4) is 0 Å². The number of rotatable bonds is 8. The molecule has 1 aromatic rings. The molecule has 0 radical (unpaired) electrons. The van der Waals surface area contributed by atoms with Gasteiger partial charge in [0.25, 0.3) is 0 Å². The Kier molecular flexibility index (Phi) is 6.46. The van der Waals surface area contributed by atoms with E-state index < -0.39 is 10.0 Å². The molecule has 1 rings (SSSR count). The summed E-state index contributed by atoms with van der Waals surface area (Å²) in [7, 11) is -3.41. The molecule has 1 unspecified atom stereocenters. The van der Waals surface area contributed by atoms with Crippen molar-refractivity contribution in [2.45, 2.75) is 51.6 Å². The zero-order chi connectivity index (χ0) is 14.5. The molecular weight excluding hydrogens is 280 g/mol. The molecule has 4 nitrogen and oxygen atoms in total. The molecule has 0 amide bonds. The number of sulfonamides is 1. The standard InChI is InChI=1S/C13H24N2O2S2/c1-5-11(10(3)4)15-19(16,17)13-7-8-18-12(13)9-14-6-2/h7-8,10-11,14-15H,5-6,9H2,1-4H3. The molecule has 0 aliphatic rings. The summed E-state index contributed by atoms with van der Waals surface area (Å²) in [6, 6.07) is 1.67. The van der Waals surface area contributed by atoms with Crippen LogP contribution in [0.25, 0.3) is 0 Å². The van der Waals surface area contributed by atoms with Crippen molar-refractivity contribution in [3.63, 3.8) is 0 Å². The van der Waals surface area contributed by atoms with Crippen LogP contribution < -0.4 is 10.0 Å². The molecule has 0 fully saturated rings. The quantitative estimate of drug-likeness (QED) is 0.776. The molecule has 0 saturated heterocycles. The molecule has 6 heteroatoms. The Bertz CT molecular complexity index is 481. The highest BCUT2D eigenvalue weighted by Crippen LogP contribution is 2.23. The van der Waals surface area contributed by atoms with Crippen LogP contribution in [0, 0.1) is 5.92 Å². The first-order valence-electron chi connectivity index (χ1n) is 6.71. The van der Waals surface area contributed by atoms with E-state index in [1.54, 1.807) is 6.07 Å². The lowest BCUT2D eigenvalue weighted by Crippen LogP contribution is -2.38. The van der Waals surface area contributed by atoms with E-state index in [9.17, 15) is 8.42 Å². The monoisotopic (exact) mass is 304 g/mol. The minimum atomic E-state index is -3.41. The number of thiophene rings is 1. The third kappa shape index (κ3) is 4.56. The fourth-order valence-corrected chi connectivity index (χ4v) is 4.77. The van der Waals surface area contributed by atoms with Gasteiger partial charge in [0.15, 0.2) is 0 Å². The first-order valence-corrected chi connectivity index (χ1v) is 9.08. The van der Waals surface area contributed by atoms with E-state index in [2.05, 4.69) is 10.0 Å². The SMILES string of the molecule is CCNCc1sccc1S(=O)(=O)NC(CC)C(C)C. The van der Waals surface area contributed by atoms with Crippen molar-refractivity contribution in [2.24, 2.45) is 5.92 Å². The van der Waals surface area contributed by atoms with Crippen molar-refractivity contribution in [3.05, 3.63) is 16.3 Å². The maximum Gasteiger partial charge on any atom is 0.241 e. The molecule has 110 valence electrons. The van der Waals surface area contributed by atoms with Gasteiger partial charge in [-0.2, -0.15) is 0 Å². The van der Waals surface area contributed by atoms with Gasteiger partial charge in [-0.05, 0) is 30.3 Å². The summed E-state index contributed by atoms with van der Waals surface area (Å²) in [5.74, 6) is 0.288. The van der Waals surface area contributed by atoms with Crippen LogP contribution >= 0.6 is 11.3 Å². The van der Waals surface area contributed by atoms with E-state index in [1.165, 1.54) is 11.3 Å². The maximum absolute atomic E-state index is 12.4. The molecular formula is C13H24N2O2S2. The molecule has 0 bridgehead atoms. The van der Waals surface area contributed by atoms with Crippen molar-refractivity contribution in [1.82, 2.24) is 10.0 Å². The van der Waals surface area contributed by atoms with Gasteiger partial charge in [-0.3, -0.25) is 0 Å². The minimum absolute atomic E-state index is 0.0168. The predicted molar refractivity (Wildman–Crippen MR) is 80.9 cm³/mol. The molecule has 0 spiro atoms. The lowest BCUT2D eigenvalue weighted by Gasteiger charge is -2.20. The van der Waals surface area contributed by atoms with Gasteiger partial charge in [-0.15, -0.1) is 11.3 Å². The Morgan fingerprint density at radius 3 is 2.53 bits per heavy atom. The topological polar surface area (TPSA) is 58.2 Å². The third-order valence-electron chi connectivity index (χ3n) is 3.08. The summed E-state index contributed by atoms with van der Waals surface area (Å²) in [6.45, 7) is 9.50. The van der Waals surface area contributed by atoms with E-state index in [0.717, 1.165) is 17.8 Å². The van der Waals surface area contributed by atoms with Crippen molar-refractivity contribution < 1.29 is 8.42 Å². The average molecular weight is 304 g/mol. The molecule has 1 atom stereocenters. The van der Waals surface area contributed by atoms with Gasteiger partial charge in [0.05, 0.1) is 4.90 Å². The van der Waals surface area contributed by atoms with E-state index in [-0.39, 0.29) is 12.0 Å². The lowest BCUT2D eigenvalue weighted by molar-refractivity contribution is 0.437. The van der Waals surface area contributed by atoms with Crippen molar-refractivity contribution in [1.29, 1.82) is 0 Å². The van der Waals surface area contributed by atoms with Crippen LogP contribution in [0.5, 0.6) is 0 Å². The Morgan fingerprint density at radius 1 is 1.32 bits per heavy atom. The summed E-state index contributed by atoms with van der Waals surface area (Å²) in [4.78, 5) is 1.28. The molecule has 0 aliphatic heterocycles. The molecule has 19 heavy (non-hydrogen) atoms. The Balaban J connectivity index is 2.91. The molecule has 0 aromatic carbocycles. The zero-order valence-electron chi connectivity index (χ0n) is 12.1. The fraction of sp³-hybridized carbons (Fsp3) is 0.692. The normalized spacial score (nSPS) is 13.9. The number of hydrogen-bond donors (Lipinski definition) is 2. The Labute approximate surface area is 120 Å². The van der Waals surface area contributed by atoms with Gasteiger partial charge in [-0.1, -0.05) is 27.7 Å². The molecule has 2 N–H and O–H groups in total. The van der Waals surface area contributed by atoms with Crippen LogP contribution in [0.2, 0.25) is 0 Å². The first kappa shape index (κ1) is 16.6. The van der Waals surface area contributed by atoms with E-state index >= 15 is 0 Å². The van der Waals surface area contributed by atoms with Crippen LogP contribution in [0.1, 0.15) is 39.0 Å². The second kappa shape index (κ2) is 7.38. The maximum atomic E-state index is 12.4. The van der Waals surface area contributed by atoms with Gasteiger partial charge in [0, 0.05) is 17.5 Å². The van der Waals surface area contributed by atoms with Crippen LogP contribution in [-0.4, -0.2) is 21.0 Å². The van der Waals surface area contributed by atoms with E-state index in [1.807, 2.05) is 33.1 Å². The summed E-state index contributed by atoms with van der Waals surface area (Å²) in [5.41, 5.74) is 0. The number of nitrogens with one attached hydrogen (secondary N) is 2. The van der Waals surface area contributed by atoms with E-state index in [4.69, 9.17) is 0 Å². The highest BCUT2D eigenvalue weighted by atomic mass is 32.2. The fourth-order valence-electron chi connectivity index (χ4n) is 1.89. The summed E-state index contributed by atoms with van der Waals surface area (Å²) in [6.07, 6.45) is 0.795. The van der Waals surface area contributed by atoms with Crippen LogP contribution in [0.15, 0.2) is 16.3 Å². The Morgan fingerprint density at radius 2 is 2.00 bits per heavy atom. The minimum Gasteiger partial charge on any atom is -0.312 e.